The van der Waals surface area contributed by atoms with E-state index in [0.717, 1.165) is 11.8 Å². The zero-order chi connectivity index (χ0) is 19.7. The third-order valence-electron chi connectivity index (χ3n) is 4.70. The first-order valence-electron chi connectivity index (χ1n) is 8.86. The molecule has 4 rings (SSSR count). The van der Waals surface area contributed by atoms with Crippen LogP contribution in [0, 0.1) is 11.6 Å². The van der Waals surface area contributed by atoms with Crippen LogP contribution in [-0.2, 0) is 7.05 Å². The molecule has 0 N–H and O–H groups in total. The van der Waals surface area contributed by atoms with Gasteiger partial charge in [0, 0.05) is 37.8 Å². The summed E-state index contributed by atoms with van der Waals surface area (Å²) in [6.07, 6.45) is 2.88. The molecule has 1 aliphatic heterocycles. The maximum Gasteiger partial charge on any atom is 0.272 e. The number of hydrogen-bond donors (Lipinski definition) is 0. The Morgan fingerprint density at radius 2 is 2.00 bits per heavy atom. The average molecular weight is 384 g/mol. The van der Waals surface area contributed by atoms with E-state index in [-0.39, 0.29) is 23.6 Å². The van der Waals surface area contributed by atoms with E-state index < -0.39 is 5.82 Å². The SMILES string of the molecule is Cn1nc(-c2ccc(F)cc2)cc1C(=O)N1CCC(Oc2ccncc2F)C1. The Bertz CT molecular complexity index is 1000. The molecule has 0 aliphatic carbocycles. The van der Waals surface area contributed by atoms with Crippen molar-refractivity contribution in [3.05, 3.63) is 66.1 Å². The van der Waals surface area contributed by atoms with E-state index in [1.807, 2.05) is 0 Å². The van der Waals surface area contributed by atoms with Crippen molar-refractivity contribution in [3.8, 4) is 17.0 Å². The molecule has 8 heteroatoms. The van der Waals surface area contributed by atoms with Gasteiger partial charge in [0.2, 0.25) is 0 Å². The van der Waals surface area contributed by atoms with Crippen molar-refractivity contribution in [3.63, 3.8) is 0 Å². The predicted octanol–water partition coefficient (Wildman–Crippen LogP) is 3.05. The summed E-state index contributed by atoms with van der Waals surface area (Å²) in [6, 6.07) is 9.10. The fourth-order valence-electron chi connectivity index (χ4n) is 3.24. The standard InChI is InChI=1S/C20H18F2N4O2/c1-25-18(10-17(24-25)13-2-4-14(21)5-3-13)20(27)26-9-7-15(12-26)28-19-6-8-23-11-16(19)22/h2-6,8,10-11,15H,7,9,12H2,1H3. The number of nitrogens with zero attached hydrogens (tertiary/aromatic N) is 4. The van der Waals surface area contributed by atoms with Crippen LogP contribution in [0.3, 0.4) is 0 Å². The lowest BCUT2D eigenvalue weighted by Crippen LogP contribution is -2.32. The summed E-state index contributed by atoms with van der Waals surface area (Å²) in [5, 5.41) is 4.36. The van der Waals surface area contributed by atoms with Gasteiger partial charge >= 0.3 is 0 Å². The van der Waals surface area contributed by atoms with Crippen LogP contribution in [0.4, 0.5) is 8.78 Å². The number of aryl methyl sites for hydroxylation is 1. The average Bonchev–Trinajstić information content (AvgIpc) is 3.31. The van der Waals surface area contributed by atoms with Crippen LogP contribution in [0.1, 0.15) is 16.9 Å². The molecule has 1 fully saturated rings. The maximum absolute atomic E-state index is 13.7. The summed E-state index contributed by atoms with van der Waals surface area (Å²) in [7, 11) is 1.69. The van der Waals surface area contributed by atoms with Crippen LogP contribution in [0.2, 0.25) is 0 Å². The Kier molecular flexibility index (Phi) is 4.77. The van der Waals surface area contributed by atoms with Crippen LogP contribution in [0.25, 0.3) is 11.3 Å². The molecule has 1 amide bonds. The number of ether oxygens (including phenoxy) is 1. The fourth-order valence-corrected chi connectivity index (χ4v) is 3.24. The van der Waals surface area contributed by atoms with Gasteiger partial charge in [0.05, 0.1) is 18.4 Å². The number of rotatable bonds is 4. The molecule has 1 atom stereocenters. The van der Waals surface area contributed by atoms with Gasteiger partial charge in [0.15, 0.2) is 11.6 Å². The molecule has 0 bridgehead atoms. The number of carbonyl (C=O) groups excluding carboxylic acids is 1. The highest BCUT2D eigenvalue weighted by atomic mass is 19.1. The second-order valence-electron chi connectivity index (χ2n) is 6.63. The molecule has 3 aromatic rings. The Balaban J connectivity index is 1.46. The largest absolute Gasteiger partial charge is 0.485 e. The molecular weight excluding hydrogens is 366 g/mol. The van der Waals surface area contributed by atoms with E-state index in [0.29, 0.717) is 30.9 Å². The zero-order valence-electron chi connectivity index (χ0n) is 15.2. The Morgan fingerprint density at radius 1 is 1.21 bits per heavy atom. The number of halogens is 2. The van der Waals surface area contributed by atoms with Crippen LogP contribution in [0.15, 0.2) is 48.8 Å². The van der Waals surface area contributed by atoms with Crippen LogP contribution < -0.4 is 4.74 Å². The van der Waals surface area contributed by atoms with Crippen LogP contribution in [-0.4, -0.2) is 44.8 Å². The number of benzene rings is 1. The molecule has 2 aromatic heterocycles. The molecule has 0 saturated carbocycles. The van der Waals surface area contributed by atoms with E-state index >= 15 is 0 Å². The summed E-state index contributed by atoms with van der Waals surface area (Å²) in [5.74, 6) is -0.898. The molecule has 28 heavy (non-hydrogen) atoms. The van der Waals surface area contributed by atoms with E-state index in [4.69, 9.17) is 4.74 Å². The smallest absolute Gasteiger partial charge is 0.272 e. The molecule has 144 valence electrons. The van der Waals surface area contributed by atoms with Crippen molar-refractivity contribution in [2.24, 2.45) is 7.05 Å². The highest BCUT2D eigenvalue weighted by molar-refractivity contribution is 5.94. The van der Waals surface area contributed by atoms with Gasteiger partial charge in [-0.2, -0.15) is 5.10 Å². The minimum absolute atomic E-state index is 0.133. The minimum atomic E-state index is -0.525. The molecule has 3 heterocycles. The lowest BCUT2D eigenvalue weighted by Gasteiger charge is -2.17. The van der Waals surface area contributed by atoms with Gasteiger partial charge in [-0.25, -0.2) is 8.78 Å². The van der Waals surface area contributed by atoms with Crippen molar-refractivity contribution in [2.45, 2.75) is 12.5 Å². The van der Waals surface area contributed by atoms with Gasteiger partial charge in [0.1, 0.15) is 17.6 Å². The summed E-state index contributed by atoms with van der Waals surface area (Å²) < 4.78 is 34.0. The second kappa shape index (κ2) is 7.38. The number of amides is 1. The third kappa shape index (κ3) is 3.58. The van der Waals surface area contributed by atoms with E-state index in [9.17, 15) is 13.6 Å². The van der Waals surface area contributed by atoms with Gasteiger partial charge in [-0.15, -0.1) is 0 Å². The van der Waals surface area contributed by atoms with E-state index in [1.54, 1.807) is 30.1 Å². The van der Waals surface area contributed by atoms with Crippen molar-refractivity contribution < 1.29 is 18.3 Å². The molecule has 0 spiro atoms. The number of likely N-dealkylation sites (tertiary alicyclic amines) is 1. The molecule has 1 aromatic carbocycles. The maximum atomic E-state index is 13.7. The van der Waals surface area contributed by atoms with Gasteiger partial charge in [-0.3, -0.25) is 14.5 Å². The Hall–Kier alpha value is -3.29. The molecule has 0 radical (unpaired) electrons. The lowest BCUT2D eigenvalue weighted by molar-refractivity contribution is 0.0760. The number of carbonyl (C=O) groups is 1. The highest BCUT2D eigenvalue weighted by Crippen LogP contribution is 2.24. The third-order valence-corrected chi connectivity index (χ3v) is 4.70. The van der Waals surface area contributed by atoms with Gasteiger partial charge < -0.3 is 9.64 Å². The fraction of sp³-hybridized carbons (Fsp3) is 0.250. The topological polar surface area (TPSA) is 60.2 Å². The van der Waals surface area contributed by atoms with E-state index in [2.05, 4.69) is 10.1 Å². The molecular formula is C20H18F2N4O2. The van der Waals surface area contributed by atoms with Gasteiger partial charge in [-0.1, -0.05) is 0 Å². The molecule has 6 nitrogen and oxygen atoms in total. The number of aromatic nitrogens is 3. The zero-order valence-corrected chi connectivity index (χ0v) is 15.2. The van der Waals surface area contributed by atoms with Gasteiger partial charge in [0.25, 0.3) is 5.91 Å². The second-order valence-corrected chi connectivity index (χ2v) is 6.63. The summed E-state index contributed by atoms with van der Waals surface area (Å²) >= 11 is 0. The minimum Gasteiger partial charge on any atom is -0.485 e. The Labute approximate surface area is 160 Å². The number of pyridine rings is 1. The lowest BCUT2D eigenvalue weighted by atomic mass is 10.1. The predicted molar refractivity (Wildman–Crippen MR) is 97.7 cm³/mol. The Morgan fingerprint density at radius 3 is 2.75 bits per heavy atom. The highest BCUT2D eigenvalue weighted by Gasteiger charge is 2.30. The number of hydrogen-bond acceptors (Lipinski definition) is 4. The van der Waals surface area contributed by atoms with Crippen molar-refractivity contribution >= 4 is 5.91 Å². The normalized spacial score (nSPS) is 16.4. The first-order chi connectivity index (χ1) is 13.5. The summed E-state index contributed by atoms with van der Waals surface area (Å²) in [6.45, 7) is 0.866. The molecule has 1 unspecified atom stereocenters. The van der Waals surface area contributed by atoms with Crippen molar-refractivity contribution in [1.29, 1.82) is 0 Å². The first kappa shape index (κ1) is 18.1. The van der Waals surface area contributed by atoms with Crippen LogP contribution in [0.5, 0.6) is 5.75 Å². The first-order valence-corrected chi connectivity index (χ1v) is 8.86. The quantitative estimate of drug-likeness (QED) is 0.694. The van der Waals surface area contributed by atoms with Gasteiger partial charge in [-0.05, 0) is 30.3 Å². The van der Waals surface area contributed by atoms with Crippen molar-refractivity contribution in [1.82, 2.24) is 19.7 Å². The van der Waals surface area contributed by atoms with Crippen molar-refractivity contribution in [2.75, 3.05) is 13.1 Å². The van der Waals surface area contributed by atoms with Crippen LogP contribution >= 0.6 is 0 Å². The molecule has 1 aliphatic rings. The summed E-state index contributed by atoms with van der Waals surface area (Å²) in [5.41, 5.74) is 1.75. The van der Waals surface area contributed by atoms with E-state index in [1.165, 1.54) is 29.1 Å². The monoisotopic (exact) mass is 384 g/mol. The summed E-state index contributed by atoms with van der Waals surface area (Å²) in [4.78, 5) is 18.3. The molecule has 1 saturated heterocycles.